The summed E-state index contributed by atoms with van der Waals surface area (Å²) in [6.45, 7) is 3.58. The lowest BCUT2D eigenvalue weighted by atomic mass is 9.90. The van der Waals surface area contributed by atoms with Crippen molar-refractivity contribution in [2.75, 3.05) is 0 Å². The molecule has 1 saturated carbocycles. The number of carboxylic acids is 1. The van der Waals surface area contributed by atoms with E-state index in [1.165, 1.54) is 44.1 Å². The fourth-order valence-corrected chi connectivity index (χ4v) is 2.69. The van der Waals surface area contributed by atoms with Crippen LogP contribution in [0.25, 0.3) is 5.57 Å². The Hall–Kier alpha value is -1.57. The normalized spacial score (nSPS) is 17.1. The average molecular weight is 244 g/mol. The van der Waals surface area contributed by atoms with Crippen LogP contribution in [0.3, 0.4) is 0 Å². The fourth-order valence-electron chi connectivity index (χ4n) is 2.69. The monoisotopic (exact) mass is 244 g/mol. The van der Waals surface area contributed by atoms with Crippen LogP contribution in [0.2, 0.25) is 0 Å². The van der Waals surface area contributed by atoms with Gasteiger partial charge < -0.3 is 5.11 Å². The standard InChI is InChI=1S/C16H20O2/c1-12(16(17)18)13-8-10-15(11-9-13)14-6-4-2-3-5-7-14/h8-11,14H,1-7H2,(H,17,18). The Bertz CT molecular complexity index is 423. The number of rotatable bonds is 3. The minimum Gasteiger partial charge on any atom is -0.478 e. The molecule has 2 heteroatoms. The molecule has 0 heterocycles. The van der Waals surface area contributed by atoms with Crippen molar-refractivity contribution in [2.24, 2.45) is 0 Å². The van der Waals surface area contributed by atoms with E-state index in [9.17, 15) is 4.79 Å². The van der Waals surface area contributed by atoms with Gasteiger partial charge in [0.25, 0.3) is 0 Å². The smallest absolute Gasteiger partial charge is 0.335 e. The molecular formula is C16H20O2. The maximum Gasteiger partial charge on any atom is 0.335 e. The maximum atomic E-state index is 10.8. The molecule has 1 N–H and O–H groups in total. The molecule has 0 atom stereocenters. The van der Waals surface area contributed by atoms with Gasteiger partial charge >= 0.3 is 5.97 Å². The topological polar surface area (TPSA) is 37.3 Å². The molecule has 1 aromatic carbocycles. The summed E-state index contributed by atoms with van der Waals surface area (Å²) in [5.74, 6) is -0.295. The van der Waals surface area contributed by atoms with Crippen molar-refractivity contribution in [1.29, 1.82) is 0 Å². The predicted molar refractivity (Wildman–Crippen MR) is 73.6 cm³/mol. The quantitative estimate of drug-likeness (QED) is 0.638. The van der Waals surface area contributed by atoms with Gasteiger partial charge in [-0.15, -0.1) is 0 Å². The second kappa shape index (κ2) is 5.85. The van der Waals surface area contributed by atoms with Crippen molar-refractivity contribution in [3.63, 3.8) is 0 Å². The van der Waals surface area contributed by atoms with E-state index in [-0.39, 0.29) is 5.57 Å². The van der Waals surface area contributed by atoms with Gasteiger partial charge in [-0.25, -0.2) is 4.79 Å². The van der Waals surface area contributed by atoms with Crippen LogP contribution in [0.5, 0.6) is 0 Å². The summed E-state index contributed by atoms with van der Waals surface area (Å²) < 4.78 is 0. The highest BCUT2D eigenvalue weighted by Gasteiger charge is 2.15. The highest BCUT2D eigenvalue weighted by Crippen LogP contribution is 2.32. The fraction of sp³-hybridized carbons (Fsp3) is 0.438. The van der Waals surface area contributed by atoms with Crippen molar-refractivity contribution in [1.82, 2.24) is 0 Å². The summed E-state index contributed by atoms with van der Waals surface area (Å²) in [4.78, 5) is 10.8. The lowest BCUT2D eigenvalue weighted by Gasteiger charge is -2.14. The first-order valence-electron chi connectivity index (χ1n) is 6.71. The van der Waals surface area contributed by atoms with Gasteiger partial charge in [-0.05, 0) is 29.9 Å². The molecule has 0 aromatic heterocycles. The Morgan fingerprint density at radius 1 is 1.06 bits per heavy atom. The zero-order valence-electron chi connectivity index (χ0n) is 10.7. The number of benzene rings is 1. The molecular weight excluding hydrogens is 224 g/mol. The van der Waals surface area contributed by atoms with E-state index in [4.69, 9.17) is 5.11 Å². The first kappa shape index (κ1) is 12.9. The minimum atomic E-state index is -0.947. The Kier molecular flexibility index (Phi) is 4.19. The Labute approximate surface area is 108 Å². The predicted octanol–water partition coefficient (Wildman–Crippen LogP) is 4.22. The van der Waals surface area contributed by atoms with E-state index >= 15 is 0 Å². The largest absolute Gasteiger partial charge is 0.478 e. The van der Waals surface area contributed by atoms with Gasteiger partial charge in [-0.1, -0.05) is 56.5 Å². The summed E-state index contributed by atoms with van der Waals surface area (Å²) in [5, 5.41) is 8.89. The van der Waals surface area contributed by atoms with Gasteiger partial charge in [0, 0.05) is 0 Å². The van der Waals surface area contributed by atoms with Gasteiger partial charge in [0.05, 0.1) is 5.57 Å². The molecule has 1 aliphatic carbocycles. The molecule has 1 aliphatic rings. The summed E-state index contributed by atoms with van der Waals surface area (Å²) in [7, 11) is 0. The molecule has 0 spiro atoms. The Morgan fingerprint density at radius 2 is 1.61 bits per heavy atom. The van der Waals surface area contributed by atoms with Crippen LogP contribution in [-0.2, 0) is 4.79 Å². The summed E-state index contributed by atoms with van der Waals surface area (Å²) >= 11 is 0. The minimum absolute atomic E-state index is 0.169. The van der Waals surface area contributed by atoms with Gasteiger partial charge in [0.15, 0.2) is 0 Å². The molecule has 1 aromatic rings. The van der Waals surface area contributed by atoms with Gasteiger partial charge in [0.1, 0.15) is 0 Å². The Balaban J connectivity index is 2.11. The number of carbonyl (C=O) groups is 1. The van der Waals surface area contributed by atoms with E-state index in [2.05, 4.69) is 18.7 Å². The molecule has 96 valence electrons. The number of hydrogen-bond donors (Lipinski definition) is 1. The second-order valence-corrected chi connectivity index (χ2v) is 5.09. The maximum absolute atomic E-state index is 10.8. The van der Waals surface area contributed by atoms with E-state index in [1.807, 2.05) is 12.1 Å². The molecule has 0 unspecified atom stereocenters. The van der Waals surface area contributed by atoms with Crippen LogP contribution in [0.4, 0.5) is 0 Å². The molecule has 0 radical (unpaired) electrons. The van der Waals surface area contributed by atoms with Gasteiger partial charge in [-0.3, -0.25) is 0 Å². The second-order valence-electron chi connectivity index (χ2n) is 5.09. The highest BCUT2D eigenvalue weighted by atomic mass is 16.4. The third kappa shape index (κ3) is 3.00. The Morgan fingerprint density at radius 3 is 2.11 bits per heavy atom. The lowest BCUT2D eigenvalue weighted by molar-refractivity contribution is -0.130. The molecule has 0 bridgehead atoms. The molecule has 0 amide bonds. The number of hydrogen-bond acceptors (Lipinski definition) is 1. The van der Waals surface area contributed by atoms with E-state index in [0.29, 0.717) is 11.5 Å². The molecule has 0 aliphatic heterocycles. The zero-order chi connectivity index (χ0) is 13.0. The number of aliphatic carboxylic acids is 1. The van der Waals surface area contributed by atoms with Crippen molar-refractivity contribution in [3.8, 4) is 0 Å². The van der Waals surface area contributed by atoms with Crippen LogP contribution >= 0.6 is 0 Å². The van der Waals surface area contributed by atoms with Gasteiger partial charge in [0.2, 0.25) is 0 Å². The van der Waals surface area contributed by atoms with E-state index in [0.717, 1.165) is 0 Å². The van der Waals surface area contributed by atoms with Crippen molar-refractivity contribution in [2.45, 2.75) is 44.4 Å². The average Bonchev–Trinajstić information content (AvgIpc) is 2.67. The van der Waals surface area contributed by atoms with Crippen molar-refractivity contribution in [3.05, 3.63) is 42.0 Å². The summed E-state index contributed by atoms with van der Waals surface area (Å²) in [5.41, 5.74) is 2.22. The van der Waals surface area contributed by atoms with E-state index in [1.54, 1.807) is 0 Å². The molecule has 1 fully saturated rings. The van der Waals surface area contributed by atoms with Crippen molar-refractivity contribution >= 4 is 11.5 Å². The SMILES string of the molecule is C=C(C(=O)O)c1ccc(C2CCCCCC2)cc1. The first-order valence-corrected chi connectivity index (χ1v) is 6.71. The molecule has 2 nitrogen and oxygen atoms in total. The third-order valence-corrected chi connectivity index (χ3v) is 3.84. The lowest BCUT2D eigenvalue weighted by Crippen LogP contribution is -2.00. The van der Waals surface area contributed by atoms with Crippen LogP contribution in [0.1, 0.15) is 55.6 Å². The first-order chi connectivity index (χ1) is 8.68. The molecule has 18 heavy (non-hydrogen) atoms. The van der Waals surface area contributed by atoms with Crippen LogP contribution in [0, 0.1) is 0 Å². The van der Waals surface area contributed by atoms with Crippen LogP contribution in [-0.4, -0.2) is 11.1 Å². The molecule has 2 rings (SSSR count). The summed E-state index contributed by atoms with van der Waals surface area (Å²) in [6.07, 6.45) is 7.86. The van der Waals surface area contributed by atoms with Crippen LogP contribution in [0.15, 0.2) is 30.8 Å². The number of carboxylic acid groups (broad SMARTS) is 1. The van der Waals surface area contributed by atoms with Crippen molar-refractivity contribution < 1.29 is 9.90 Å². The molecule has 0 saturated heterocycles. The zero-order valence-corrected chi connectivity index (χ0v) is 10.7. The van der Waals surface area contributed by atoms with Crippen LogP contribution < -0.4 is 0 Å². The van der Waals surface area contributed by atoms with E-state index < -0.39 is 5.97 Å². The highest BCUT2D eigenvalue weighted by molar-refractivity contribution is 6.14. The third-order valence-electron chi connectivity index (χ3n) is 3.84. The van der Waals surface area contributed by atoms with Gasteiger partial charge in [-0.2, -0.15) is 0 Å². The summed E-state index contributed by atoms with van der Waals surface area (Å²) in [6, 6.07) is 7.91.